The molecule has 0 spiro atoms. The van der Waals surface area contributed by atoms with Crippen molar-refractivity contribution in [3.8, 4) is 10.6 Å². The summed E-state index contributed by atoms with van der Waals surface area (Å²) in [5.74, 6) is -0.926. The number of rotatable bonds is 8. The second-order valence-electron chi connectivity index (χ2n) is 7.25. The van der Waals surface area contributed by atoms with Gasteiger partial charge in [-0.3, -0.25) is 4.79 Å². The molecule has 1 atom stereocenters. The molecule has 2 aromatic carbocycles. The number of benzene rings is 2. The Balaban J connectivity index is 1.62. The van der Waals surface area contributed by atoms with Crippen molar-refractivity contribution < 1.29 is 14.7 Å². The fourth-order valence-electron chi connectivity index (χ4n) is 2.99. The van der Waals surface area contributed by atoms with E-state index in [1.807, 2.05) is 47.8 Å². The van der Waals surface area contributed by atoms with E-state index in [1.54, 1.807) is 0 Å². The van der Waals surface area contributed by atoms with Crippen molar-refractivity contribution in [2.24, 2.45) is 0 Å². The highest BCUT2D eigenvalue weighted by molar-refractivity contribution is 7.13. The highest BCUT2D eigenvalue weighted by Crippen LogP contribution is 2.26. The number of carboxylic acid groups (broad SMARTS) is 1. The van der Waals surface area contributed by atoms with Gasteiger partial charge >= 0.3 is 5.97 Å². The molecule has 0 aliphatic carbocycles. The first-order chi connectivity index (χ1) is 13.9. The van der Waals surface area contributed by atoms with Crippen LogP contribution in [0.15, 0.2) is 60.0 Å². The summed E-state index contributed by atoms with van der Waals surface area (Å²) >= 11 is 1.48. The summed E-state index contributed by atoms with van der Waals surface area (Å²) in [7, 11) is 0. The second-order valence-corrected chi connectivity index (χ2v) is 8.10. The Labute approximate surface area is 174 Å². The molecule has 29 heavy (non-hydrogen) atoms. The lowest BCUT2D eigenvalue weighted by atomic mass is 10.0. The molecule has 3 aromatic rings. The normalized spacial score (nSPS) is 12.0. The fourth-order valence-corrected chi connectivity index (χ4v) is 3.82. The van der Waals surface area contributed by atoms with Gasteiger partial charge in [0.2, 0.25) is 5.91 Å². The highest BCUT2D eigenvalue weighted by atomic mass is 32.1. The maximum absolute atomic E-state index is 12.4. The SMILES string of the molecule is CC(C)c1ccc(-c2nc(CC(=O)N[C@@H](Cc3ccccc3)C(=O)O)cs2)cc1. The first-order valence-corrected chi connectivity index (χ1v) is 10.4. The van der Waals surface area contributed by atoms with Gasteiger partial charge in [-0.05, 0) is 17.0 Å². The first kappa shape index (κ1) is 20.7. The van der Waals surface area contributed by atoms with E-state index in [-0.39, 0.29) is 18.7 Å². The molecular formula is C23H24N2O3S. The minimum absolute atomic E-state index is 0.0547. The van der Waals surface area contributed by atoms with Gasteiger partial charge < -0.3 is 10.4 Å². The molecule has 0 bridgehead atoms. The molecular weight excluding hydrogens is 384 g/mol. The zero-order valence-electron chi connectivity index (χ0n) is 16.5. The maximum atomic E-state index is 12.4. The van der Waals surface area contributed by atoms with Crippen LogP contribution in [0.3, 0.4) is 0 Å². The molecule has 0 saturated heterocycles. The lowest BCUT2D eigenvalue weighted by molar-refractivity contribution is -0.141. The monoisotopic (exact) mass is 408 g/mol. The Bertz CT molecular complexity index is 965. The van der Waals surface area contributed by atoms with E-state index in [0.29, 0.717) is 11.6 Å². The molecule has 3 rings (SSSR count). The zero-order chi connectivity index (χ0) is 20.8. The number of carbonyl (C=O) groups excluding carboxylic acids is 1. The average molecular weight is 409 g/mol. The number of amides is 1. The molecule has 1 heterocycles. The van der Waals surface area contributed by atoms with Crippen molar-refractivity contribution in [1.82, 2.24) is 10.3 Å². The van der Waals surface area contributed by atoms with Gasteiger partial charge in [0.1, 0.15) is 11.0 Å². The molecule has 150 valence electrons. The van der Waals surface area contributed by atoms with E-state index >= 15 is 0 Å². The third kappa shape index (κ3) is 5.74. The van der Waals surface area contributed by atoms with Crippen LogP contribution in [0.2, 0.25) is 0 Å². The number of nitrogens with one attached hydrogen (secondary N) is 1. The Morgan fingerprint density at radius 2 is 1.76 bits per heavy atom. The largest absolute Gasteiger partial charge is 0.480 e. The molecule has 2 N–H and O–H groups in total. The van der Waals surface area contributed by atoms with E-state index in [1.165, 1.54) is 16.9 Å². The highest BCUT2D eigenvalue weighted by Gasteiger charge is 2.21. The minimum Gasteiger partial charge on any atom is -0.480 e. The van der Waals surface area contributed by atoms with E-state index in [9.17, 15) is 14.7 Å². The Hall–Kier alpha value is -2.99. The summed E-state index contributed by atoms with van der Waals surface area (Å²) in [4.78, 5) is 28.4. The molecule has 0 unspecified atom stereocenters. The van der Waals surface area contributed by atoms with Crippen LogP contribution in [0, 0.1) is 0 Å². The van der Waals surface area contributed by atoms with E-state index in [0.717, 1.165) is 16.1 Å². The fraction of sp³-hybridized carbons (Fsp3) is 0.261. The van der Waals surface area contributed by atoms with Gasteiger partial charge in [-0.25, -0.2) is 9.78 Å². The summed E-state index contributed by atoms with van der Waals surface area (Å²) in [6.45, 7) is 4.30. The van der Waals surface area contributed by atoms with Crippen LogP contribution in [0.25, 0.3) is 10.6 Å². The minimum atomic E-state index is -1.05. The van der Waals surface area contributed by atoms with Crippen molar-refractivity contribution in [3.63, 3.8) is 0 Å². The van der Waals surface area contributed by atoms with Crippen molar-refractivity contribution in [2.45, 2.75) is 38.6 Å². The zero-order valence-corrected chi connectivity index (χ0v) is 17.3. The van der Waals surface area contributed by atoms with Crippen molar-refractivity contribution in [2.75, 3.05) is 0 Å². The lowest BCUT2D eigenvalue weighted by Gasteiger charge is -2.14. The smallest absolute Gasteiger partial charge is 0.326 e. The number of nitrogens with zero attached hydrogens (tertiary/aromatic N) is 1. The third-order valence-electron chi connectivity index (χ3n) is 4.63. The van der Waals surface area contributed by atoms with Gasteiger partial charge in [0.05, 0.1) is 12.1 Å². The van der Waals surface area contributed by atoms with Crippen molar-refractivity contribution in [3.05, 3.63) is 76.8 Å². The lowest BCUT2D eigenvalue weighted by Crippen LogP contribution is -2.43. The quantitative estimate of drug-likeness (QED) is 0.583. The summed E-state index contributed by atoms with van der Waals surface area (Å²) < 4.78 is 0. The number of carboxylic acids is 1. The number of thiazole rings is 1. The van der Waals surface area contributed by atoms with E-state index in [4.69, 9.17) is 0 Å². The van der Waals surface area contributed by atoms with Crippen LogP contribution in [0.4, 0.5) is 0 Å². The second kappa shape index (κ2) is 9.47. The number of carbonyl (C=O) groups is 2. The molecule has 0 aliphatic heterocycles. The number of hydrogen-bond acceptors (Lipinski definition) is 4. The molecule has 0 saturated carbocycles. The number of hydrogen-bond donors (Lipinski definition) is 2. The molecule has 1 aromatic heterocycles. The van der Waals surface area contributed by atoms with Crippen LogP contribution in [0.1, 0.15) is 36.6 Å². The van der Waals surface area contributed by atoms with Crippen LogP contribution in [-0.2, 0) is 22.4 Å². The predicted molar refractivity (Wildman–Crippen MR) is 115 cm³/mol. The van der Waals surface area contributed by atoms with Gasteiger partial charge in [-0.1, -0.05) is 68.4 Å². The molecule has 5 nitrogen and oxygen atoms in total. The first-order valence-electron chi connectivity index (χ1n) is 9.53. The van der Waals surface area contributed by atoms with E-state index in [2.05, 4.69) is 36.3 Å². The Kier molecular flexibility index (Phi) is 6.77. The maximum Gasteiger partial charge on any atom is 0.326 e. The van der Waals surface area contributed by atoms with Gasteiger partial charge in [-0.15, -0.1) is 11.3 Å². The number of aromatic nitrogens is 1. The van der Waals surface area contributed by atoms with Crippen LogP contribution in [0.5, 0.6) is 0 Å². The van der Waals surface area contributed by atoms with Crippen molar-refractivity contribution in [1.29, 1.82) is 0 Å². The summed E-state index contributed by atoms with van der Waals surface area (Å²) in [5.41, 5.74) is 3.78. The van der Waals surface area contributed by atoms with Gasteiger partial charge in [-0.2, -0.15) is 0 Å². The molecule has 0 radical (unpaired) electrons. The predicted octanol–water partition coefficient (Wildman–Crippen LogP) is 4.29. The molecule has 0 aliphatic rings. The number of aliphatic carboxylic acids is 1. The average Bonchev–Trinajstić information content (AvgIpc) is 3.16. The summed E-state index contributed by atoms with van der Waals surface area (Å²) in [5, 5.41) is 14.7. The molecule has 1 amide bonds. The topological polar surface area (TPSA) is 79.3 Å². The van der Waals surface area contributed by atoms with E-state index < -0.39 is 12.0 Å². The molecule has 0 fully saturated rings. The van der Waals surface area contributed by atoms with Gasteiger partial charge in [0.25, 0.3) is 0 Å². The molecule has 6 heteroatoms. The van der Waals surface area contributed by atoms with Crippen LogP contribution in [-0.4, -0.2) is 28.0 Å². The Morgan fingerprint density at radius 1 is 1.07 bits per heavy atom. The summed E-state index contributed by atoms with van der Waals surface area (Å²) in [6, 6.07) is 16.6. The van der Waals surface area contributed by atoms with Crippen LogP contribution >= 0.6 is 11.3 Å². The Morgan fingerprint density at radius 3 is 2.38 bits per heavy atom. The summed E-state index contributed by atoms with van der Waals surface area (Å²) in [6.07, 6.45) is 0.297. The van der Waals surface area contributed by atoms with Crippen LogP contribution < -0.4 is 5.32 Å². The van der Waals surface area contributed by atoms with Gasteiger partial charge in [0.15, 0.2) is 0 Å². The van der Waals surface area contributed by atoms with Gasteiger partial charge in [0, 0.05) is 17.4 Å². The standard InChI is InChI=1S/C23H24N2O3S/c1-15(2)17-8-10-18(11-9-17)22-24-19(14-29-22)13-21(26)25-20(23(27)28)12-16-6-4-3-5-7-16/h3-11,14-15,20H,12-13H2,1-2H3,(H,25,26)(H,27,28)/t20-/m0/s1. The third-order valence-corrected chi connectivity index (χ3v) is 5.57. The van der Waals surface area contributed by atoms with Crippen molar-refractivity contribution >= 4 is 23.2 Å².